The van der Waals surface area contributed by atoms with Gasteiger partial charge in [-0.15, -0.1) is 11.3 Å². The summed E-state index contributed by atoms with van der Waals surface area (Å²) in [4.78, 5) is 16.2. The van der Waals surface area contributed by atoms with Crippen molar-refractivity contribution in [3.63, 3.8) is 0 Å². The van der Waals surface area contributed by atoms with Gasteiger partial charge >= 0.3 is 0 Å². The zero-order valence-electron chi connectivity index (χ0n) is 10.1. The summed E-state index contributed by atoms with van der Waals surface area (Å²) < 4.78 is 1.69. The van der Waals surface area contributed by atoms with Gasteiger partial charge in [0.25, 0.3) is 0 Å². The smallest absolute Gasteiger partial charge is 0.249 e. The average molecular weight is 265 g/mol. The van der Waals surface area contributed by atoms with Crippen molar-refractivity contribution in [2.45, 2.75) is 13.0 Å². The third-order valence-corrected chi connectivity index (χ3v) is 3.35. The second-order valence-electron chi connectivity index (χ2n) is 3.93. The highest BCUT2D eigenvalue weighted by Crippen LogP contribution is 2.13. The second kappa shape index (κ2) is 5.74. The number of aryl methyl sites for hydroxylation is 1. The van der Waals surface area contributed by atoms with Crippen molar-refractivity contribution in [1.82, 2.24) is 20.1 Å². The van der Waals surface area contributed by atoms with Crippen molar-refractivity contribution in [2.24, 2.45) is 12.8 Å². The summed E-state index contributed by atoms with van der Waals surface area (Å²) in [7, 11) is 1.85. The van der Waals surface area contributed by atoms with Crippen LogP contribution < -0.4 is 11.1 Å². The molecule has 0 aromatic carbocycles. The molecule has 0 radical (unpaired) electrons. The maximum atomic E-state index is 10.9. The van der Waals surface area contributed by atoms with E-state index in [-0.39, 0.29) is 5.91 Å². The first kappa shape index (κ1) is 12.7. The number of rotatable bonds is 6. The summed E-state index contributed by atoms with van der Waals surface area (Å²) in [6, 6.07) is 1.82. The molecular formula is C11H15N5OS. The summed E-state index contributed by atoms with van der Waals surface area (Å²) in [5, 5.41) is 9.25. The van der Waals surface area contributed by atoms with E-state index in [0.29, 0.717) is 5.56 Å². The first-order valence-corrected chi connectivity index (χ1v) is 6.45. The van der Waals surface area contributed by atoms with E-state index in [9.17, 15) is 4.79 Å². The Balaban J connectivity index is 1.73. The second-order valence-corrected chi connectivity index (χ2v) is 4.92. The van der Waals surface area contributed by atoms with Crippen molar-refractivity contribution in [3.8, 4) is 0 Å². The highest BCUT2D eigenvalue weighted by Gasteiger charge is 2.04. The minimum Gasteiger partial charge on any atom is -0.366 e. The number of nitrogens with zero attached hydrogens (tertiary/aromatic N) is 3. The topological polar surface area (TPSA) is 85.8 Å². The van der Waals surface area contributed by atoms with Gasteiger partial charge in [-0.05, 0) is 6.07 Å². The van der Waals surface area contributed by atoms with Crippen LogP contribution >= 0.6 is 11.3 Å². The lowest BCUT2D eigenvalue weighted by atomic mass is 10.3. The van der Waals surface area contributed by atoms with Crippen molar-refractivity contribution in [2.75, 3.05) is 6.54 Å². The van der Waals surface area contributed by atoms with Gasteiger partial charge in [-0.25, -0.2) is 4.98 Å². The number of carbonyl (C=O) groups excluding carboxylic acids is 1. The Kier molecular flexibility index (Phi) is 4.06. The highest BCUT2D eigenvalue weighted by molar-refractivity contribution is 7.10. The first-order chi connectivity index (χ1) is 8.65. The van der Waals surface area contributed by atoms with Gasteiger partial charge in [0, 0.05) is 36.8 Å². The Hall–Kier alpha value is -1.73. The molecule has 0 spiro atoms. The van der Waals surface area contributed by atoms with Crippen molar-refractivity contribution < 1.29 is 4.79 Å². The first-order valence-electron chi connectivity index (χ1n) is 5.57. The molecule has 0 bridgehead atoms. The molecule has 0 saturated carbocycles. The van der Waals surface area contributed by atoms with Crippen LogP contribution in [0.2, 0.25) is 0 Å². The third-order valence-electron chi connectivity index (χ3n) is 2.41. The molecule has 0 saturated heterocycles. The standard InChI is InChI=1S/C11H15N5OS/c1-16-7-14-10(15-16)2-3-13-5-9-4-8(6-18-9)11(12)17/h4,6-7,13H,2-3,5H2,1H3,(H2,12,17). The Morgan fingerprint density at radius 2 is 2.44 bits per heavy atom. The molecule has 0 fully saturated rings. The van der Waals surface area contributed by atoms with E-state index in [4.69, 9.17) is 5.73 Å². The van der Waals surface area contributed by atoms with E-state index < -0.39 is 0 Å². The normalized spacial score (nSPS) is 10.7. The molecule has 96 valence electrons. The maximum Gasteiger partial charge on any atom is 0.249 e. The molecule has 2 rings (SSSR count). The molecule has 2 aromatic heterocycles. The lowest BCUT2D eigenvalue weighted by Gasteiger charge is -2.00. The van der Waals surface area contributed by atoms with E-state index in [1.165, 1.54) is 11.3 Å². The molecule has 18 heavy (non-hydrogen) atoms. The van der Waals surface area contributed by atoms with Crippen LogP contribution in [0.25, 0.3) is 0 Å². The molecular weight excluding hydrogens is 250 g/mol. The van der Waals surface area contributed by atoms with Gasteiger partial charge in [-0.2, -0.15) is 5.10 Å². The molecule has 0 atom stereocenters. The van der Waals surface area contributed by atoms with Crippen molar-refractivity contribution >= 4 is 17.2 Å². The van der Waals surface area contributed by atoms with Crippen molar-refractivity contribution in [3.05, 3.63) is 34.0 Å². The third kappa shape index (κ3) is 3.38. The monoisotopic (exact) mass is 265 g/mol. The zero-order valence-corrected chi connectivity index (χ0v) is 10.9. The Morgan fingerprint density at radius 1 is 1.61 bits per heavy atom. The van der Waals surface area contributed by atoms with Gasteiger partial charge < -0.3 is 11.1 Å². The predicted octanol–water partition coefficient (Wildman–Crippen LogP) is 0.308. The molecule has 0 aliphatic carbocycles. The lowest BCUT2D eigenvalue weighted by Crippen LogP contribution is -2.16. The molecule has 0 unspecified atom stereocenters. The SMILES string of the molecule is Cn1cnc(CCNCc2cc(C(N)=O)cs2)n1. The molecule has 0 aliphatic rings. The van der Waals surface area contributed by atoms with Gasteiger partial charge in [0.1, 0.15) is 6.33 Å². The summed E-state index contributed by atoms with van der Waals surface area (Å²) in [6.45, 7) is 1.53. The van der Waals surface area contributed by atoms with Crippen LogP contribution in [0.4, 0.5) is 0 Å². The van der Waals surface area contributed by atoms with E-state index in [2.05, 4.69) is 15.4 Å². The summed E-state index contributed by atoms with van der Waals surface area (Å²) in [6.07, 6.45) is 2.47. The predicted molar refractivity (Wildman–Crippen MR) is 69.3 cm³/mol. The van der Waals surface area contributed by atoms with Crippen LogP contribution in [0.1, 0.15) is 21.1 Å². The number of hydrogen-bond donors (Lipinski definition) is 2. The number of nitrogens with two attached hydrogens (primary N) is 1. The number of hydrogen-bond acceptors (Lipinski definition) is 5. The summed E-state index contributed by atoms with van der Waals surface area (Å²) >= 11 is 1.53. The summed E-state index contributed by atoms with van der Waals surface area (Å²) in [5.74, 6) is 0.448. The highest BCUT2D eigenvalue weighted by atomic mass is 32.1. The van der Waals surface area contributed by atoms with Gasteiger partial charge in [0.15, 0.2) is 5.82 Å². The van der Waals surface area contributed by atoms with Crippen LogP contribution in [-0.4, -0.2) is 27.2 Å². The van der Waals surface area contributed by atoms with Crippen LogP contribution in [-0.2, 0) is 20.0 Å². The van der Waals surface area contributed by atoms with Crippen molar-refractivity contribution in [1.29, 1.82) is 0 Å². The minimum absolute atomic E-state index is 0.379. The van der Waals surface area contributed by atoms with Gasteiger partial charge in [-0.3, -0.25) is 9.48 Å². The van der Waals surface area contributed by atoms with Crippen LogP contribution in [0.5, 0.6) is 0 Å². The number of primary amides is 1. The Labute approximate surface area is 109 Å². The molecule has 6 nitrogen and oxygen atoms in total. The number of nitrogens with one attached hydrogen (secondary N) is 1. The molecule has 0 aliphatic heterocycles. The number of amides is 1. The fraction of sp³-hybridized carbons (Fsp3) is 0.364. The largest absolute Gasteiger partial charge is 0.366 e. The fourth-order valence-electron chi connectivity index (χ4n) is 1.51. The van der Waals surface area contributed by atoms with E-state index in [0.717, 1.165) is 30.2 Å². The van der Waals surface area contributed by atoms with E-state index >= 15 is 0 Å². The molecule has 2 aromatic rings. The number of aromatic nitrogens is 3. The molecule has 7 heteroatoms. The Bertz CT molecular complexity index is 533. The maximum absolute atomic E-state index is 10.9. The zero-order chi connectivity index (χ0) is 13.0. The van der Waals surface area contributed by atoms with Gasteiger partial charge in [0.2, 0.25) is 5.91 Å². The average Bonchev–Trinajstić information content (AvgIpc) is 2.93. The quantitative estimate of drug-likeness (QED) is 0.736. The summed E-state index contributed by atoms with van der Waals surface area (Å²) in [5.41, 5.74) is 5.76. The fourth-order valence-corrected chi connectivity index (χ4v) is 2.36. The minimum atomic E-state index is -0.379. The Morgan fingerprint density at radius 3 is 3.06 bits per heavy atom. The van der Waals surface area contributed by atoms with Gasteiger partial charge in [-0.1, -0.05) is 0 Å². The lowest BCUT2D eigenvalue weighted by molar-refractivity contribution is 0.100. The molecule has 3 N–H and O–H groups in total. The number of thiophene rings is 1. The van der Waals surface area contributed by atoms with Crippen LogP contribution in [0.3, 0.4) is 0 Å². The van der Waals surface area contributed by atoms with Gasteiger partial charge in [0.05, 0.1) is 5.56 Å². The van der Waals surface area contributed by atoms with E-state index in [1.807, 2.05) is 13.1 Å². The molecule has 1 amide bonds. The van der Waals surface area contributed by atoms with Crippen LogP contribution in [0, 0.1) is 0 Å². The van der Waals surface area contributed by atoms with Crippen LogP contribution in [0.15, 0.2) is 17.8 Å². The van der Waals surface area contributed by atoms with E-state index in [1.54, 1.807) is 16.4 Å². The number of carbonyl (C=O) groups is 1. The molecule has 2 heterocycles.